The zero-order valence-corrected chi connectivity index (χ0v) is 11.7. The lowest BCUT2D eigenvalue weighted by atomic mass is 10.1. The monoisotopic (exact) mass is 264 g/mol. The van der Waals surface area contributed by atoms with Gasteiger partial charge in [0, 0.05) is 11.1 Å². The standard InChI is InChI=1S/C14H20N2O3/c1-14(2,3)16-12(17)9-15-13(18)10-6-5-7-11(8-10)19-4/h5-8H,9H2,1-4H3,(H,15,18)(H,16,17). The van der Waals surface area contributed by atoms with Crippen LogP contribution in [-0.2, 0) is 4.79 Å². The number of hydrogen-bond donors (Lipinski definition) is 2. The molecule has 5 nitrogen and oxygen atoms in total. The van der Waals surface area contributed by atoms with Crippen LogP contribution in [-0.4, -0.2) is 31.0 Å². The molecule has 0 fully saturated rings. The van der Waals surface area contributed by atoms with Gasteiger partial charge in [-0.1, -0.05) is 6.07 Å². The molecule has 0 aliphatic rings. The second-order valence-corrected chi connectivity index (χ2v) is 5.21. The Morgan fingerprint density at radius 2 is 1.95 bits per heavy atom. The highest BCUT2D eigenvalue weighted by Gasteiger charge is 2.14. The zero-order valence-electron chi connectivity index (χ0n) is 11.7. The van der Waals surface area contributed by atoms with Crippen molar-refractivity contribution in [1.29, 1.82) is 0 Å². The van der Waals surface area contributed by atoms with Crippen molar-refractivity contribution in [2.75, 3.05) is 13.7 Å². The van der Waals surface area contributed by atoms with E-state index in [0.717, 1.165) is 0 Å². The largest absolute Gasteiger partial charge is 0.497 e. The van der Waals surface area contributed by atoms with Crippen molar-refractivity contribution in [3.63, 3.8) is 0 Å². The van der Waals surface area contributed by atoms with Crippen molar-refractivity contribution in [3.8, 4) is 5.75 Å². The maximum Gasteiger partial charge on any atom is 0.251 e. The van der Waals surface area contributed by atoms with Crippen LogP contribution in [0.1, 0.15) is 31.1 Å². The molecule has 1 rings (SSSR count). The highest BCUT2D eigenvalue weighted by atomic mass is 16.5. The number of ether oxygens (including phenoxy) is 1. The summed E-state index contributed by atoms with van der Waals surface area (Å²) < 4.78 is 5.04. The topological polar surface area (TPSA) is 67.4 Å². The smallest absolute Gasteiger partial charge is 0.251 e. The van der Waals surface area contributed by atoms with Gasteiger partial charge in [0.25, 0.3) is 5.91 Å². The fourth-order valence-electron chi connectivity index (χ4n) is 1.49. The van der Waals surface area contributed by atoms with Crippen molar-refractivity contribution < 1.29 is 14.3 Å². The third kappa shape index (κ3) is 5.42. The summed E-state index contributed by atoms with van der Waals surface area (Å²) in [5, 5.41) is 5.34. The number of benzene rings is 1. The second kappa shape index (κ2) is 6.22. The SMILES string of the molecule is COc1cccc(C(=O)NCC(=O)NC(C)(C)C)c1. The van der Waals surface area contributed by atoms with E-state index in [1.54, 1.807) is 24.3 Å². The molecule has 0 aliphatic heterocycles. The van der Waals surface area contributed by atoms with Crippen molar-refractivity contribution in [2.45, 2.75) is 26.3 Å². The maximum atomic E-state index is 11.8. The first kappa shape index (κ1) is 15.0. The van der Waals surface area contributed by atoms with Gasteiger partial charge >= 0.3 is 0 Å². The van der Waals surface area contributed by atoms with Gasteiger partial charge in [-0.3, -0.25) is 9.59 Å². The third-order valence-electron chi connectivity index (χ3n) is 2.26. The predicted octanol–water partition coefficient (Wildman–Crippen LogP) is 1.34. The lowest BCUT2D eigenvalue weighted by Crippen LogP contribution is -2.45. The maximum absolute atomic E-state index is 11.8. The molecule has 0 unspecified atom stereocenters. The Morgan fingerprint density at radius 1 is 1.26 bits per heavy atom. The molecule has 0 aromatic heterocycles. The summed E-state index contributed by atoms with van der Waals surface area (Å²) in [7, 11) is 1.54. The van der Waals surface area contributed by atoms with E-state index in [1.807, 2.05) is 20.8 Å². The minimum Gasteiger partial charge on any atom is -0.497 e. The summed E-state index contributed by atoms with van der Waals surface area (Å²) in [6.07, 6.45) is 0. The fourth-order valence-corrected chi connectivity index (χ4v) is 1.49. The van der Waals surface area contributed by atoms with Crippen LogP contribution in [0.25, 0.3) is 0 Å². The lowest BCUT2D eigenvalue weighted by molar-refractivity contribution is -0.121. The quantitative estimate of drug-likeness (QED) is 0.862. The van der Waals surface area contributed by atoms with Crippen LogP contribution in [0.2, 0.25) is 0 Å². The molecular formula is C14H20N2O3. The van der Waals surface area contributed by atoms with E-state index >= 15 is 0 Å². The van der Waals surface area contributed by atoms with Crippen molar-refractivity contribution in [3.05, 3.63) is 29.8 Å². The minimum absolute atomic E-state index is 0.0483. The van der Waals surface area contributed by atoms with Crippen molar-refractivity contribution in [1.82, 2.24) is 10.6 Å². The summed E-state index contributed by atoms with van der Waals surface area (Å²) in [5.74, 6) is 0.0819. The Balaban J connectivity index is 2.53. The fraction of sp³-hybridized carbons (Fsp3) is 0.429. The molecule has 2 N–H and O–H groups in total. The highest BCUT2D eigenvalue weighted by molar-refractivity contribution is 5.96. The molecular weight excluding hydrogens is 244 g/mol. The molecule has 2 amide bonds. The van der Waals surface area contributed by atoms with Crippen LogP contribution in [0.3, 0.4) is 0 Å². The number of carbonyl (C=O) groups excluding carboxylic acids is 2. The second-order valence-electron chi connectivity index (χ2n) is 5.21. The number of rotatable bonds is 4. The Bertz CT molecular complexity index is 464. The normalized spacial score (nSPS) is 10.7. The molecule has 0 radical (unpaired) electrons. The van der Waals surface area contributed by atoms with Crippen LogP contribution in [0.4, 0.5) is 0 Å². The van der Waals surface area contributed by atoms with E-state index in [9.17, 15) is 9.59 Å². The van der Waals surface area contributed by atoms with Crippen molar-refractivity contribution >= 4 is 11.8 Å². The average molecular weight is 264 g/mol. The molecule has 19 heavy (non-hydrogen) atoms. The van der Waals surface area contributed by atoms with Gasteiger partial charge in [0.2, 0.25) is 5.91 Å². The van der Waals surface area contributed by atoms with E-state index < -0.39 is 0 Å². The minimum atomic E-state index is -0.308. The van der Waals surface area contributed by atoms with E-state index in [0.29, 0.717) is 11.3 Å². The molecule has 0 bridgehead atoms. The molecule has 0 aliphatic carbocycles. The molecule has 0 saturated heterocycles. The first-order valence-electron chi connectivity index (χ1n) is 6.05. The van der Waals surface area contributed by atoms with Crippen LogP contribution < -0.4 is 15.4 Å². The summed E-state index contributed by atoms with van der Waals surface area (Å²) in [6, 6.07) is 6.77. The summed E-state index contributed by atoms with van der Waals surface area (Å²) in [6.45, 7) is 5.60. The molecule has 1 aromatic rings. The first-order chi connectivity index (χ1) is 8.81. The highest BCUT2D eigenvalue weighted by Crippen LogP contribution is 2.12. The van der Waals surface area contributed by atoms with Gasteiger partial charge in [0.05, 0.1) is 13.7 Å². The van der Waals surface area contributed by atoms with E-state index in [4.69, 9.17) is 4.74 Å². The molecule has 0 spiro atoms. The first-order valence-corrected chi connectivity index (χ1v) is 6.05. The van der Waals surface area contributed by atoms with E-state index in [-0.39, 0.29) is 23.9 Å². The van der Waals surface area contributed by atoms with Gasteiger partial charge in [0.15, 0.2) is 0 Å². The Kier molecular flexibility index (Phi) is 4.92. The van der Waals surface area contributed by atoms with Gasteiger partial charge in [0.1, 0.15) is 5.75 Å². The molecule has 0 heterocycles. The number of hydrogen-bond acceptors (Lipinski definition) is 3. The van der Waals surface area contributed by atoms with Gasteiger partial charge in [-0.25, -0.2) is 0 Å². The van der Waals surface area contributed by atoms with Gasteiger partial charge in [-0.05, 0) is 39.0 Å². The van der Waals surface area contributed by atoms with Gasteiger partial charge in [-0.2, -0.15) is 0 Å². The molecule has 1 aromatic carbocycles. The lowest BCUT2D eigenvalue weighted by Gasteiger charge is -2.20. The Hall–Kier alpha value is -2.04. The zero-order chi connectivity index (χ0) is 14.5. The number of amides is 2. The van der Waals surface area contributed by atoms with E-state index in [2.05, 4.69) is 10.6 Å². The van der Waals surface area contributed by atoms with E-state index in [1.165, 1.54) is 7.11 Å². The van der Waals surface area contributed by atoms with Gasteiger partial charge in [-0.15, -0.1) is 0 Å². The molecule has 104 valence electrons. The van der Waals surface area contributed by atoms with Crippen LogP contribution >= 0.6 is 0 Å². The Labute approximate surface area is 113 Å². The summed E-state index contributed by atoms with van der Waals surface area (Å²) in [4.78, 5) is 23.4. The number of nitrogens with one attached hydrogen (secondary N) is 2. The predicted molar refractivity (Wildman–Crippen MR) is 73.2 cm³/mol. The third-order valence-corrected chi connectivity index (χ3v) is 2.26. The van der Waals surface area contributed by atoms with Gasteiger partial charge < -0.3 is 15.4 Å². The van der Waals surface area contributed by atoms with Crippen LogP contribution in [0.15, 0.2) is 24.3 Å². The summed E-state index contributed by atoms with van der Waals surface area (Å²) in [5.41, 5.74) is 0.153. The number of methoxy groups -OCH3 is 1. The summed E-state index contributed by atoms with van der Waals surface area (Å²) >= 11 is 0. The van der Waals surface area contributed by atoms with Crippen LogP contribution in [0.5, 0.6) is 5.75 Å². The van der Waals surface area contributed by atoms with Crippen molar-refractivity contribution in [2.24, 2.45) is 0 Å². The van der Waals surface area contributed by atoms with Crippen LogP contribution in [0, 0.1) is 0 Å². The molecule has 0 atom stereocenters. The molecule has 5 heteroatoms. The average Bonchev–Trinajstić information content (AvgIpc) is 2.34. The molecule has 0 saturated carbocycles. The Morgan fingerprint density at radius 3 is 2.53 bits per heavy atom. The number of carbonyl (C=O) groups is 2.